The molecule has 4 heterocycles. The van der Waals surface area contributed by atoms with Gasteiger partial charge in [0.15, 0.2) is 5.76 Å². The van der Waals surface area contributed by atoms with E-state index in [2.05, 4.69) is 4.90 Å². The molecule has 134 valence electrons. The van der Waals surface area contributed by atoms with Gasteiger partial charge in [0.05, 0.1) is 17.2 Å². The number of carbonyl (C=O) groups is 1. The van der Waals surface area contributed by atoms with E-state index < -0.39 is 0 Å². The highest BCUT2D eigenvalue weighted by Gasteiger charge is 2.34. The van der Waals surface area contributed by atoms with Crippen molar-refractivity contribution in [1.82, 2.24) is 4.90 Å². The summed E-state index contributed by atoms with van der Waals surface area (Å²) in [5.41, 5.74) is 1.57. The number of thiophene rings is 1. The minimum atomic E-state index is -0.0625. The number of carbonyl (C=O) groups excluding carboxylic acids is 1. The molecule has 1 fully saturated rings. The van der Waals surface area contributed by atoms with Gasteiger partial charge in [0.1, 0.15) is 18.2 Å². The van der Waals surface area contributed by atoms with Crippen molar-refractivity contribution >= 4 is 23.2 Å². The Balaban J connectivity index is 1.42. The number of hydrogen-bond donors (Lipinski definition) is 0. The number of ketones is 1. The Bertz CT molecular complexity index is 868. The van der Waals surface area contributed by atoms with E-state index in [-0.39, 0.29) is 11.9 Å². The van der Waals surface area contributed by atoms with E-state index in [0.717, 1.165) is 42.2 Å². The molecule has 1 saturated heterocycles. The zero-order valence-corrected chi connectivity index (χ0v) is 15.1. The van der Waals surface area contributed by atoms with Gasteiger partial charge < -0.3 is 14.2 Å². The van der Waals surface area contributed by atoms with Crippen molar-refractivity contribution in [1.29, 1.82) is 0 Å². The van der Waals surface area contributed by atoms with Crippen LogP contribution in [0.1, 0.15) is 33.6 Å². The van der Waals surface area contributed by atoms with E-state index in [9.17, 15) is 4.79 Å². The first-order valence-electron chi connectivity index (χ1n) is 8.88. The van der Waals surface area contributed by atoms with Gasteiger partial charge in [-0.1, -0.05) is 6.07 Å². The number of rotatable bonds is 3. The average molecular weight is 369 g/mol. The van der Waals surface area contributed by atoms with Crippen LogP contribution in [-0.4, -0.2) is 36.7 Å². The smallest absolute Gasteiger partial charge is 0.232 e. The maximum atomic E-state index is 12.7. The molecule has 1 aromatic carbocycles. The fourth-order valence-corrected chi connectivity index (χ4v) is 4.35. The molecule has 0 radical (unpaired) electrons. The third-order valence-corrected chi connectivity index (χ3v) is 5.80. The van der Waals surface area contributed by atoms with Gasteiger partial charge in [-0.15, -0.1) is 11.3 Å². The van der Waals surface area contributed by atoms with Crippen molar-refractivity contribution in [3.05, 3.63) is 51.4 Å². The molecule has 1 aromatic heterocycles. The third-order valence-electron chi connectivity index (χ3n) is 4.98. The van der Waals surface area contributed by atoms with E-state index in [4.69, 9.17) is 14.2 Å². The maximum Gasteiger partial charge on any atom is 0.232 e. The third kappa shape index (κ3) is 2.84. The molecule has 5 nitrogen and oxygen atoms in total. The Labute approximate surface area is 155 Å². The van der Waals surface area contributed by atoms with E-state index in [1.165, 1.54) is 0 Å². The molecule has 0 amide bonds. The summed E-state index contributed by atoms with van der Waals surface area (Å²) >= 11 is 1.58. The second kappa shape index (κ2) is 6.54. The van der Waals surface area contributed by atoms with Gasteiger partial charge in [0, 0.05) is 30.6 Å². The summed E-state index contributed by atoms with van der Waals surface area (Å²) in [6.45, 7) is 2.93. The topological polar surface area (TPSA) is 48.0 Å². The molecule has 0 bridgehead atoms. The van der Waals surface area contributed by atoms with Gasteiger partial charge in [-0.25, -0.2) is 0 Å². The van der Waals surface area contributed by atoms with Crippen molar-refractivity contribution in [3.8, 4) is 11.5 Å². The van der Waals surface area contributed by atoms with E-state index in [1.807, 2.05) is 35.7 Å². The van der Waals surface area contributed by atoms with Gasteiger partial charge >= 0.3 is 0 Å². The van der Waals surface area contributed by atoms with Crippen molar-refractivity contribution < 1.29 is 19.0 Å². The van der Waals surface area contributed by atoms with Crippen molar-refractivity contribution in [3.63, 3.8) is 0 Å². The molecule has 0 saturated carbocycles. The standard InChI is InChI=1S/C20H19NO4S/c22-19-15-5-6-17-16(11-21(12-24-17)10-13-3-1-7-23-13)20(15)25-18(19)9-14-4-2-8-26-14/h2,4-6,8-9,13H,1,3,7,10-12H2/t13-/m0/s1. The molecule has 26 heavy (non-hydrogen) atoms. The van der Waals surface area contributed by atoms with Crippen LogP contribution >= 0.6 is 11.3 Å². The van der Waals surface area contributed by atoms with E-state index in [1.54, 1.807) is 11.3 Å². The van der Waals surface area contributed by atoms with Gasteiger partial charge in [-0.3, -0.25) is 9.69 Å². The number of Topliss-reactive ketones (excluding diaryl/α,β-unsaturated/α-hetero) is 1. The summed E-state index contributed by atoms with van der Waals surface area (Å²) in [6, 6.07) is 7.62. The normalized spacial score (nSPS) is 23.6. The molecule has 0 spiro atoms. The number of nitrogens with zero attached hydrogens (tertiary/aromatic N) is 1. The minimum absolute atomic E-state index is 0.0625. The monoisotopic (exact) mass is 369 g/mol. The molecular formula is C20H19NO4S. The predicted molar refractivity (Wildman–Crippen MR) is 98.6 cm³/mol. The molecule has 0 unspecified atom stereocenters. The lowest BCUT2D eigenvalue weighted by Gasteiger charge is -2.31. The fourth-order valence-electron chi connectivity index (χ4n) is 3.70. The number of fused-ring (bicyclic) bond motifs is 3. The van der Waals surface area contributed by atoms with Crippen LogP contribution in [0.4, 0.5) is 0 Å². The fraction of sp³-hybridized carbons (Fsp3) is 0.350. The van der Waals surface area contributed by atoms with Crippen molar-refractivity contribution in [2.45, 2.75) is 25.5 Å². The lowest BCUT2D eigenvalue weighted by Crippen LogP contribution is -2.37. The highest BCUT2D eigenvalue weighted by atomic mass is 32.1. The average Bonchev–Trinajstić information content (AvgIpc) is 3.39. The summed E-state index contributed by atoms with van der Waals surface area (Å²) in [7, 11) is 0. The van der Waals surface area contributed by atoms with Crippen LogP contribution < -0.4 is 9.47 Å². The van der Waals surface area contributed by atoms with Gasteiger partial charge in [0.2, 0.25) is 5.78 Å². The first kappa shape index (κ1) is 16.1. The van der Waals surface area contributed by atoms with Crippen LogP contribution in [0.25, 0.3) is 6.08 Å². The van der Waals surface area contributed by atoms with Gasteiger partial charge in [0.25, 0.3) is 0 Å². The molecule has 1 atom stereocenters. The Kier molecular flexibility index (Phi) is 4.04. The number of ether oxygens (including phenoxy) is 3. The highest BCUT2D eigenvalue weighted by molar-refractivity contribution is 7.10. The molecule has 3 aliphatic rings. The molecule has 0 N–H and O–H groups in total. The van der Waals surface area contributed by atoms with Crippen LogP contribution in [0, 0.1) is 0 Å². The number of allylic oxidation sites excluding steroid dienone is 1. The van der Waals surface area contributed by atoms with Crippen LogP contribution in [0.3, 0.4) is 0 Å². The number of hydrogen-bond acceptors (Lipinski definition) is 6. The van der Waals surface area contributed by atoms with Crippen LogP contribution in [0.5, 0.6) is 11.5 Å². The molecule has 2 aromatic rings. The molecule has 5 rings (SSSR count). The summed E-state index contributed by atoms with van der Waals surface area (Å²) in [5, 5.41) is 1.98. The second-order valence-electron chi connectivity index (χ2n) is 6.79. The lowest BCUT2D eigenvalue weighted by molar-refractivity contribution is 0.0274. The Morgan fingerprint density at radius 3 is 3.08 bits per heavy atom. The van der Waals surface area contributed by atoms with Crippen molar-refractivity contribution in [2.75, 3.05) is 19.9 Å². The summed E-state index contributed by atoms with van der Waals surface area (Å²) < 4.78 is 17.6. The molecule has 6 heteroatoms. The maximum absolute atomic E-state index is 12.7. The first-order chi connectivity index (χ1) is 12.8. The lowest BCUT2D eigenvalue weighted by atomic mass is 10.0. The molecule has 3 aliphatic heterocycles. The largest absolute Gasteiger partial charge is 0.478 e. The highest BCUT2D eigenvalue weighted by Crippen LogP contribution is 2.42. The summed E-state index contributed by atoms with van der Waals surface area (Å²) in [5.74, 6) is 1.77. The first-order valence-corrected chi connectivity index (χ1v) is 9.76. The quantitative estimate of drug-likeness (QED) is 0.772. The summed E-state index contributed by atoms with van der Waals surface area (Å²) in [6.07, 6.45) is 4.31. The van der Waals surface area contributed by atoms with Gasteiger partial charge in [-0.05, 0) is 36.4 Å². The second-order valence-corrected chi connectivity index (χ2v) is 7.77. The molecular weight excluding hydrogens is 350 g/mol. The van der Waals surface area contributed by atoms with Crippen LogP contribution in [0.15, 0.2) is 35.4 Å². The van der Waals surface area contributed by atoms with Crippen LogP contribution in [-0.2, 0) is 11.3 Å². The van der Waals surface area contributed by atoms with Crippen LogP contribution in [0.2, 0.25) is 0 Å². The Hall–Kier alpha value is -2.15. The summed E-state index contributed by atoms with van der Waals surface area (Å²) in [4.78, 5) is 15.9. The van der Waals surface area contributed by atoms with E-state index >= 15 is 0 Å². The van der Waals surface area contributed by atoms with Crippen molar-refractivity contribution in [2.24, 2.45) is 0 Å². The molecule has 0 aliphatic carbocycles. The predicted octanol–water partition coefficient (Wildman–Crippen LogP) is 3.70. The zero-order valence-electron chi connectivity index (χ0n) is 14.3. The van der Waals surface area contributed by atoms with E-state index in [0.29, 0.717) is 30.3 Å². The Morgan fingerprint density at radius 2 is 2.27 bits per heavy atom. The SMILES string of the molecule is O=C1C(=Cc2cccs2)Oc2c1ccc1c2CN(C[C@@H]2CCCO2)CO1. The number of benzene rings is 1. The minimum Gasteiger partial charge on any atom is -0.478 e. The zero-order chi connectivity index (χ0) is 17.5. The van der Waals surface area contributed by atoms with Gasteiger partial charge in [-0.2, -0.15) is 0 Å². The Morgan fingerprint density at radius 1 is 1.31 bits per heavy atom.